The van der Waals surface area contributed by atoms with E-state index >= 15 is 0 Å². The van der Waals surface area contributed by atoms with Gasteiger partial charge in [-0.2, -0.15) is 23.5 Å². The number of nitrogens with two attached hydrogens (primary N) is 3. The Morgan fingerprint density at radius 2 is 1.95 bits per heavy atom. The number of carbonyl (C=O) groups excluding carboxylic acids is 2. The number of aromatic nitrogens is 3. The number of rotatable bonds is 8. The Morgan fingerprint density at radius 1 is 1.25 bits per heavy atom. The van der Waals surface area contributed by atoms with Crippen LogP contribution in [0, 0.1) is 18.3 Å². The van der Waals surface area contributed by atoms with Crippen molar-refractivity contribution in [2.75, 3.05) is 11.1 Å². The van der Waals surface area contributed by atoms with Gasteiger partial charge in [0.15, 0.2) is 5.82 Å². The van der Waals surface area contributed by atoms with E-state index in [0.717, 1.165) is 4.68 Å². The highest BCUT2D eigenvalue weighted by atomic mass is 19.4. The molecule has 2 aromatic heterocycles. The van der Waals surface area contributed by atoms with Crippen LogP contribution >= 0.6 is 0 Å². The van der Waals surface area contributed by atoms with Gasteiger partial charge in [-0.1, -0.05) is 0 Å². The highest BCUT2D eigenvalue weighted by Crippen LogP contribution is 2.25. The number of carbonyl (C=O) groups is 2. The Bertz CT molecular complexity index is 1510. The quantitative estimate of drug-likeness (QED) is 0.118. The average molecular weight is 558 g/mol. The molecule has 0 atom stereocenters. The van der Waals surface area contributed by atoms with E-state index in [1.807, 2.05) is 6.07 Å². The number of hydrazone groups is 1. The molecule has 210 valence electrons. The molecule has 0 unspecified atom stereocenters. The van der Waals surface area contributed by atoms with E-state index in [1.54, 1.807) is 26.8 Å². The molecule has 0 aliphatic rings. The zero-order valence-electron chi connectivity index (χ0n) is 21.6. The highest BCUT2D eigenvalue weighted by Gasteiger charge is 2.34. The first kappa shape index (κ1) is 29.4. The highest BCUT2D eigenvalue weighted by molar-refractivity contribution is 6.09. The maximum absolute atomic E-state index is 13.6. The van der Waals surface area contributed by atoms with Gasteiger partial charge < -0.3 is 22.1 Å². The Balaban J connectivity index is 2.06. The van der Waals surface area contributed by atoms with E-state index in [1.165, 1.54) is 30.5 Å². The van der Waals surface area contributed by atoms with Gasteiger partial charge in [0.05, 0.1) is 40.8 Å². The number of nitriles is 1. The number of aryl methyl sites for hydroxylation is 1. The number of nitrogens with one attached hydrogen (secondary N) is 2. The zero-order chi connectivity index (χ0) is 29.8. The summed E-state index contributed by atoms with van der Waals surface area (Å²) in [5.74, 6) is 2.66. The molecular weight excluding hydrogens is 531 g/mol. The third-order valence-corrected chi connectivity index (χ3v) is 5.23. The van der Waals surface area contributed by atoms with E-state index < -0.39 is 30.4 Å². The number of hydrazine groups is 1. The van der Waals surface area contributed by atoms with Crippen LogP contribution in [-0.2, 0) is 6.54 Å². The third-order valence-electron chi connectivity index (χ3n) is 5.23. The minimum Gasteiger partial charge on any atom is -0.396 e. The first-order chi connectivity index (χ1) is 18.7. The molecule has 0 aliphatic heterocycles. The van der Waals surface area contributed by atoms with Crippen LogP contribution in [0.25, 0.3) is 5.82 Å². The lowest BCUT2D eigenvalue weighted by Crippen LogP contribution is -2.36. The van der Waals surface area contributed by atoms with Crippen molar-refractivity contribution in [1.82, 2.24) is 25.2 Å². The minimum atomic E-state index is -4.90. The molecule has 8 N–H and O–H groups in total. The smallest absolute Gasteiger partial charge is 0.396 e. The predicted molar refractivity (Wildman–Crippen MR) is 140 cm³/mol. The molecule has 0 saturated heterocycles. The molecule has 2 amide bonds. The molecule has 0 fully saturated rings. The summed E-state index contributed by atoms with van der Waals surface area (Å²) in [5, 5.41) is 22.5. The summed E-state index contributed by atoms with van der Waals surface area (Å²) < 4.78 is 39.3. The van der Waals surface area contributed by atoms with Crippen molar-refractivity contribution in [2.24, 2.45) is 16.7 Å². The van der Waals surface area contributed by atoms with Gasteiger partial charge in [-0.05, 0) is 56.7 Å². The summed E-state index contributed by atoms with van der Waals surface area (Å²) in [6, 6.07) is 8.89. The van der Waals surface area contributed by atoms with Gasteiger partial charge in [0.2, 0.25) is 5.84 Å². The molecule has 0 radical (unpaired) electrons. The predicted octanol–water partition coefficient (Wildman–Crippen LogP) is 1.93. The first-order valence-electron chi connectivity index (χ1n) is 11.6. The lowest BCUT2D eigenvalue weighted by atomic mass is 10.0. The van der Waals surface area contributed by atoms with Crippen LogP contribution in [-0.4, -0.2) is 49.8 Å². The Kier molecular flexibility index (Phi) is 8.59. The van der Waals surface area contributed by atoms with Crippen LogP contribution in [0.2, 0.25) is 0 Å². The first-order valence-corrected chi connectivity index (χ1v) is 11.6. The van der Waals surface area contributed by atoms with Crippen LogP contribution in [0.5, 0.6) is 0 Å². The normalized spacial score (nSPS) is 11.7. The van der Waals surface area contributed by atoms with Crippen molar-refractivity contribution in [3.63, 3.8) is 0 Å². The van der Waals surface area contributed by atoms with Crippen LogP contribution in [0.1, 0.15) is 51.5 Å². The van der Waals surface area contributed by atoms with Gasteiger partial charge >= 0.3 is 6.18 Å². The number of amidine groups is 1. The van der Waals surface area contributed by atoms with Crippen molar-refractivity contribution in [1.29, 1.82) is 5.26 Å². The monoisotopic (exact) mass is 557 g/mol. The molecule has 13 nitrogen and oxygen atoms in total. The number of hydrogen-bond donors (Lipinski definition) is 5. The van der Waals surface area contributed by atoms with Gasteiger partial charge in [-0.25, -0.2) is 20.6 Å². The molecule has 16 heteroatoms. The summed E-state index contributed by atoms with van der Waals surface area (Å²) in [5.41, 5.74) is 11.8. The van der Waals surface area contributed by atoms with Gasteiger partial charge in [-0.15, -0.1) is 5.10 Å². The van der Waals surface area contributed by atoms with Crippen molar-refractivity contribution in [2.45, 2.75) is 39.5 Å². The fraction of sp³-hybridized carbons (Fsp3) is 0.250. The number of amides is 2. The molecule has 0 saturated carbocycles. The second-order valence-corrected chi connectivity index (χ2v) is 8.84. The maximum atomic E-state index is 13.6. The minimum absolute atomic E-state index is 0.0192. The molecule has 1 aromatic carbocycles. The van der Waals surface area contributed by atoms with E-state index in [2.05, 4.69) is 25.8 Å². The zero-order valence-corrected chi connectivity index (χ0v) is 21.6. The van der Waals surface area contributed by atoms with Crippen molar-refractivity contribution < 1.29 is 22.8 Å². The fourth-order valence-electron chi connectivity index (χ4n) is 3.53. The lowest BCUT2D eigenvalue weighted by molar-refractivity contribution is -0.0615. The molecular formula is C24H26F3N11O2. The Labute approximate surface area is 226 Å². The van der Waals surface area contributed by atoms with Gasteiger partial charge in [0, 0.05) is 12.2 Å². The standard InChI is InChI=1S/C24H26F3N11O2/c1-12(2)33-21(39)16-8-14(10-28)7-13(3)19(16)34-22(40)18-9-15(11-37(31)36-23(30)24(25,26)27)35-38(18)20-17(29)5-4-6-32-20/h4-9,12H,11,29,31H2,1-3H3,(H2,30,36)(H,33,39)(H,34,40). The number of anilines is 2. The SMILES string of the molecule is Cc1cc(C#N)cc(C(=O)NC(C)C)c1NC(=O)c1cc(CN(N)N=C(N)C(F)(F)F)nn1-c1ncccc1N. The largest absolute Gasteiger partial charge is 0.450 e. The van der Waals surface area contributed by atoms with E-state index in [4.69, 9.17) is 17.3 Å². The number of benzene rings is 1. The van der Waals surface area contributed by atoms with E-state index in [9.17, 15) is 28.0 Å². The van der Waals surface area contributed by atoms with Gasteiger partial charge in [-0.3, -0.25) is 9.59 Å². The number of halogens is 3. The van der Waals surface area contributed by atoms with Crippen molar-refractivity contribution >= 4 is 29.0 Å². The molecule has 0 bridgehead atoms. The fourth-order valence-corrected chi connectivity index (χ4v) is 3.53. The van der Waals surface area contributed by atoms with Crippen LogP contribution in [0.15, 0.2) is 41.6 Å². The number of nitrogen functional groups attached to an aromatic ring is 1. The molecule has 3 aromatic rings. The van der Waals surface area contributed by atoms with E-state index in [-0.39, 0.29) is 45.7 Å². The molecule has 0 aliphatic carbocycles. The Hall–Kier alpha value is -5.17. The summed E-state index contributed by atoms with van der Waals surface area (Å²) in [7, 11) is 0. The van der Waals surface area contributed by atoms with Crippen LogP contribution in [0.3, 0.4) is 0 Å². The average Bonchev–Trinajstić information content (AvgIpc) is 3.27. The second kappa shape index (κ2) is 11.7. The molecule has 2 heterocycles. The topological polar surface area (TPSA) is 206 Å². The maximum Gasteiger partial charge on any atom is 0.450 e. The van der Waals surface area contributed by atoms with Crippen molar-refractivity contribution in [3.05, 3.63) is 64.6 Å². The summed E-state index contributed by atoms with van der Waals surface area (Å²) >= 11 is 0. The number of hydrogen-bond acceptors (Lipinski definition) is 9. The second-order valence-electron chi connectivity index (χ2n) is 8.84. The summed E-state index contributed by atoms with van der Waals surface area (Å²) in [6.45, 7) is 4.63. The molecule has 40 heavy (non-hydrogen) atoms. The van der Waals surface area contributed by atoms with Crippen molar-refractivity contribution in [3.8, 4) is 11.9 Å². The Morgan fingerprint density at radius 3 is 2.55 bits per heavy atom. The number of nitrogens with zero attached hydrogens (tertiary/aromatic N) is 6. The number of alkyl halides is 3. The van der Waals surface area contributed by atoms with Gasteiger partial charge in [0.25, 0.3) is 11.8 Å². The summed E-state index contributed by atoms with van der Waals surface area (Å²) in [4.78, 5) is 30.6. The summed E-state index contributed by atoms with van der Waals surface area (Å²) in [6.07, 6.45) is -3.50. The van der Waals surface area contributed by atoms with Crippen LogP contribution < -0.4 is 27.9 Å². The molecule has 3 rings (SSSR count). The third kappa shape index (κ3) is 6.82. The molecule has 0 spiro atoms. The van der Waals surface area contributed by atoms with Crippen LogP contribution in [0.4, 0.5) is 24.5 Å². The lowest BCUT2D eigenvalue weighted by Gasteiger charge is -2.16. The number of pyridine rings is 1. The van der Waals surface area contributed by atoms with E-state index in [0.29, 0.717) is 10.7 Å². The van der Waals surface area contributed by atoms with Gasteiger partial charge in [0.1, 0.15) is 5.69 Å².